The Labute approximate surface area is 140 Å². The first-order valence-corrected chi connectivity index (χ1v) is 8.04. The molecule has 3 nitrogen and oxygen atoms in total. The van der Waals surface area contributed by atoms with E-state index in [1.165, 1.54) is 45.4 Å². The fraction of sp³-hybridized carbons (Fsp3) is 0.556. The summed E-state index contributed by atoms with van der Waals surface area (Å²) in [6.07, 6.45) is 8.53. The van der Waals surface area contributed by atoms with Crippen LogP contribution in [0.15, 0.2) is 30.3 Å². The summed E-state index contributed by atoms with van der Waals surface area (Å²) in [5.41, 5.74) is 1.76. The van der Waals surface area contributed by atoms with E-state index < -0.39 is 0 Å². The smallest absolute Gasteiger partial charge is 0.126 e. The molecule has 2 aliphatic heterocycles. The van der Waals surface area contributed by atoms with Gasteiger partial charge in [0.25, 0.3) is 0 Å². The van der Waals surface area contributed by atoms with Crippen molar-refractivity contribution in [3.8, 4) is 5.75 Å². The largest absolute Gasteiger partial charge is 0.496 e. The minimum atomic E-state index is 0. The lowest BCUT2D eigenvalue weighted by Crippen LogP contribution is -2.38. The number of hydrogen-bond acceptors (Lipinski definition) is 3. The molecule has 0 aromatic heterocycles. The first kappa shape index (κ1) is 17.3. The zero-order valence-corrected chi connectivity index (χ0v) is 14.2. The maximum Gasteiger partial charge on any atom is 0.126 e. The number of methoxy groups -OCH3 is 1. The van der Waals surface area contributed by atoms with Gasteiger partial charge in [-0.25, -0.2) is 0 Å². The molecule has 0 unspecified atom stereocenters. The van der Waals surface area contributed by atoms with Gasteiger partial charge in [-0.05, 0) is 50.4 Å². The number of para-hydroxylation sites is 1. The van der Waals surface area contributed by atoms with Crippen LogP contribution in [0, 0.1) is 5.41 Å². The number of rotatable bonds is 4. The first-order chi connectivity index (χ1) is 10.3. The Morgan fingerprint density at radius 1 is 1.23 bits per heavy atom. The Morgan fingerprint density at radius 2 is 2.00 bits per heavy atom. The number of nitrogens with one attached hydrogen (secondary N) is 1. The molecule has 1 aromatic rings. The highest BCUT2D eigenvalue weighted by Gasteiger charge is 2.38. The van der Waals surface area contributed by atoms with Crippen LogP contribution in [-0.2, 0) is 0 Å². The number of hydrogen-bond donors (Lipinski definition) is 1. The Bertz CT molecular complexity index is 498. The van der Waals surface area contributed by atoms with E-state index in [0.717, 1.165) is 17.9 Å². The van der Waals surface area contributed by atoms with Crippen LogP contribution in [-0.4, -0.2) is 44.7 Å². The summed E-state index contributed by atoms with van der Waals surface area (Å²) in [6.45, 7) is 5.96. The third-order valence-electron chi connectivity index (χ3n) is 4.98. The van der Waals surface area contributed by atoms with Crippen molar-refractivity contribution in [2.75, 3.05) is 39.8 Å². The summed E-state index contributed by atoms with van der Waals surface area (Å²) < 4.78 is 5.39. The van der Waals surface area contributed by atoms with E-state index in [1.54, 1.807) is 7.11 Å². The Kier molecular flexibility index (Phi) is 6.30. The van der Waals surface area contributed by atoms with Crippen LogP contribution in [0.5, 0.6) is 5.75 Å². The number of halogens is 1. The minimum Gasteiger partial charge on any atom is -0.496 e. The molecule has 0 radical (unpaired) electrons. The first-order valence-electron chi connectivity index (χ1n) is 8.04. The summed E-state index contributed by atoms with van der Waals surface area (Å²) in [5, 5.41) is 3.48. The maximum atomic E-state index is 5.39. The summed E-state index contributed by atoms with van der Waals surface area (Å²) in [4.78, 5) is 2.59. The molecule has 22 heavy (non-hydrogen) atoms. The van der Waals surface area contributed by atoms with Crippen LogP contribution in [0.25, 0.3) is 6.08 Å². The maximum absolute atomic E-state index is 5.39. The fourth-order valence-electron chi connectivity index (χ4n) is 3.68. The quantitative estimate of drug-likeness (QED) is 0.921. The van der Waals surface area contributed by atoms with Gasteiger partial charge in [0.1, 0.15) is 5.75 Å². The molecule has 0 amide bonds. The highest BCUT2D eigenvalue weighted by atomic mass is 35.5. The second-order valence-corrected chi connectivity index (χ2v) is 6.38. The summed E-state index contributed by atoms with van der Waals surface area (Å²) in [6, 6.07) is 8.19. The van der Waals surface area contributed by atoms with Crippen molar-refractivity contribution in [1.82, 2.24) is 10.2 Å². The lowest BCUT2D eigenvalue weighted by atomic mass is 9.78. The van der Waals surface area contributed by atoms with E-state index in [0.29, 0.717) is 5.41 Å². The van der Waals surface area contributed by atoms with Gasteiger partial charge in [-0.2, -0.15) is 0 Å². The molecule has 2 heterocycles. The molecule has 2 aliphatic rings. The lowest BCUT2D eigenvalue weighted by molar-refractivity contribution is 0.202. The van der Waals surface area contributed by atoms with Crippen LogP contribution in [0.3, 0.4) is 0 Å². The highest BCUT2D eigenvalue weighted by molar-refractivity contribution is 5.85. The molecule has 1 N–H and O–H groups in total. The molecular weight excluding hydrogens is 296 g/mol. The number of ether oxygens (including phenoxy) is 1. The van der Waals surface area contributed by atoms with Crippen LogP contribution in [0.4, 0.5) is 0 Å². The van der Waals surface area contributed by atoms with E-state index in [1.807, 2.05) is 12.1 Å². The number of nitrogens with zero attached hydrogens (tertiary/aromatic N) is 1. The molecule has 3 rings (SSSR count). The van der Waals surface area contributed by atoms with Gasteiger partial charge in [0.15, 0.2) is 0 Å². The molecule has 0 saturated carbocycles. The predicted octanol–water partition coefficient (Wildman–Crippen LogP) is 3.21. The van der Waals surface area contributed by atoms with Gasteiger partial charge in [0.2, 0.25) is 0 Å². The van der Waals surface area contributed by atoms with Gasteiger partial charge in [-0.1, -0.05) is 30.4 Å². The summed E-state index contributed by atoms with van der Waals surface area (Å²) in [7, 11) is 1.73. The number of piperidine rings is 1. The molecular formula is C18H27ClN2O. The normalized spacial score (nSPS) is 21.1. The fourth-order valence-corrected chi connectivity index (χ4v) is 3.68. The van der Waals surface area contributed by atoms with E-state index >= 15 is 0 Å². The Balaban J connectivity index is 0.00000176. The lowest BCUT2D eigenvalue weighted by Gasteiger charge is -2.33. The number of benzene rings is 1. The average molecular weight is 323 g/mol. The van der Waals surface area contributed by atoms with E-state index in [9.17, 15) is 0 Å². The van der Waals surface area contributed by atoms with Gasteiger partial charge in [0, 0.05) is 18.7 Å². The van der Waals surface area contributed by atoms with Crippen molar-refractivity contribution in [2.24, 2.45) is 5.41 Å². The summed E-state index contributed by atoms with van der Waals surface area (Å²) in [5.74, 6) is 0.949. The third kappa shape index (κ3) is 4.03. The van der Waals surface area contributed by atoms with Gasteiger partial charge in [-0.15, -0.1) is 12.4 Å². The molecule has 0 atom stereocenters. The average Bonchev–Trinajstić information content (AvgIpc) is 2.91. The van der Waals surface area contributed by atoms with Crippen LogP contribution < -0.4 is 10.1 Å². The predicted molar refractivity (Wildman–Crippen MR) is 94.9 cm³/mol. The van der Waals surface area contributed by atoms with Crippen LogP contribution in [0.2, 0.25) is 0 Å². The van der Waals surface area contributed by atoms with Crippen molar-refractivity contribution in [3.63, 3.8) is 0 Å². The van der Waals surface area contributed by atoms with E-state index in [-0.39, 0.29) is 12.4 Å². The minimum absolute atomic E-state index is 0. The topological polar surface area (TPSA) is 24.5 Å². The van der Waals surface area contributed by atoms with Crippen LogP contribution in [0.1, 0.15) is 24.8 Å². The molecule has 2 fully saturated rings. The van der Waals surface area contributed by atoms with Crippen molar-refractivity contribution in [2.45, 2.75) is 19.3 Å². The molecule has 1 aromatic carbocycles. The van der Waals surface area contributed by atoms with Crippen molar-refractivity contribution >= 4 is 18.5 Å². The zero-order valence-electron chi connectivity index (χ0n) is 13.4. The van der Waals surface area contributed by atoms with Crippen LogP contribution >= 0.6 is 12.4 Å². The van der Waals surface area contributed by atoms with Gasteiger partial charge >= 0.3 is 0 Å². The SMILES string of the molecule is COc1ccccc1/C=C/CN1CCC2(CCNCC2)C1.Cl. The van der Waals surface area contributed by atoms with E-state index in [2.05, 4.69) is 34.5 Å². The third-order valence-corrected chi connectivity index (χ3v) is 4.98. The molecule has 2 saturated heterocycles. The molecule has 1 spiro atoms. The number of likely N-dealkylation sites (tertiary alicyclic amines) is 1. The Hall–Kier alpha value is -1.03. The Morgan fingerprint density at radius 3 is 2.77 bits per heavy atom. The van der Waals surface area contributed by atoms with Crippen molar-refractivity contribution in [1.29, 1.82) is 0 Å². The standard InChI is InChI=1S/C18H26N2O.ClH/c1-21-17-7-3-2-5-16(17)6-4-13-20-14-10-18(15-20)8-11-19-12-9-18;/h2-7,19H,8-15H2,1H3;1H/b6-4+;. The molecule has 122 valence electrons. The van der Waals surface area contributed by atoms with E-state index in [4.69, 9.17) is 4.74 Å². The monoisotopic (exact) mass is 322 g/mol. The molecule has 0 aliphatic carbocycles. The van der Waals surface area contributed by atoms with Gasteiger partial charge in [-0.3, -0.25) is 4.90 Å². The van der Waals surface area contributed by atoms with Crippen molar-refractivity contribution in [3.05, 3.63) is 35.9 Å². The molecule has 0 bridgehead atoms. The zero-order chi connectivity index (χ0) is 14.5. The summed E-state index contributed by atoms with van der Waals surface area (Å²) >= 11 is 0. The van der Waals surface area contributed by atoms with Crippen molar-refractivity contribution < 1.29 is 4.74 Å². The second-order valence-electron chi connectivity index (χ2n) is 6.38. The van der Waals surface area contributed by atoms with Gasteiger partial charge in [0.05, 0.1) is 7.11 Å². The molecule has 4 heteroatoms. The second kappa shape index (κ2) is 8.00. The highest BCUT2D eigenvalue weighted by Crippen LogP contribution is 2.38. The van der Waals surface area contributed by atoms with Gasteiger partial charge < -0.3 is 10.1 Å².